The summed E-state index contributed by atoms with van der Waals surface area (Å²) in [6.45, 7) is 56.6. The molecule has 0 bridgehead atoms. The van der Waals surface area contributed by atoms with E-state index < -0.39 is 0 Å². The van der Waals surface area contributed by atoms with Crippen LogP contribution in [-0.2, 0) is 13.1 Å². The Hall–Kier alpha value is -5.54. The van der Waals surface area contributed by atoms with Crippen LogP contribution in [0.3, 0.4) is 0 Å². The van der Waals surface area contributed by atoms with Crippen molar-refractivity contribution in [1.29, 1.82) is 0 Å². The topological polar surface area (TPSA) is 25.8 Å². The summed E-state index contributed by atoms with van der Waals surface area (Å²) in [5, 5.41) is 2.17. The monoisotopic (exact) mass is 1270 g/mol. The van der Waals surface area contributed by atoms with Gasteiger partial charge in [-0.05, 0) is 231 Å². The zero-order valence-corrected chi connectivity index (χ0v) is 61.1. The Morgan fingerprint density at radius 1 is 0.236 bits per heavy atom. The molecule has 2 nitrogen and oxygen atoms in total. The van der Waals surface area contributed by atoms with Crippen molar-refractivity contribution in [3.05, 3.63) is 188 Å². The van der Waals surface area contributed by atoms with E-state index in [4.69, 9.17) is 30.2 Å². The van der Waals surface area contributed by atoms with E-state index in [1.54, 1.807) is 0 Å². The number of benzene rings is 7. The van der Waals surface area contributed by atoms with Gasteiger partial charge in [-0.25, -0.2) is 9.97 Å². The van der Waals surface area contributed by atoms with Gasteiger partial charge in [-0.15, -0.1) is 0 Å². The summed E-state index contributed by atoms with van der Waals surface area (Å²) < 4.78 is 0. The first-order valence-corrected chi connectivity index (χ1v) is 36.6. The van der Waals surface area contributed by atoms with Gasteiger partial charge in [-0.3, -0.25) is 0 Å². The predicted octanol–water partition coefficient (Wildman–Crippen LogP) is 27.6. The molecule has 9 rings (SSSR count). The number of hydrogen-bond acceptors (Lipinski definition) is 2. The molecule has 7 aromatic carbocycles. The molecule has 0 aliphatic heterocycles. The van der Waals surface area contributed by atoms with Gasteiger partial charge < -0.3 is 0 Å². The molecular weight excluding hydrogens is 1160 g/mol. The third-order valence-corrected chi connectivity index (χ3v) is 18.7. The van der Waals surface area contributed by atoms with E-state index in [0.717, 1.165) is 44.3 Å². The Balaban J connectivity index is 0.00000334. The number of pyridine rings is 2. The number of rotatable bonds is 18. The van der Waals surface area contributed by atoms with E-state index in [9.17, 15) is 0 Å². The molecule has 0 spiro atoms. The summed E-state index contributed by atoms with van der Waals surface area (Å²) in [6.07, 6.45) is 0. The number of aromatic nitrogens is 2. The van der Waals surface area contributed by atoms with Gasteiger partial charge in [0, 0.05) is 21.9 Å². The van der Waals surface area contributed by atoms with Crippen LogP contribution in [0.15, 0.2) is 121 Å². The molecule has 0 radical (unpaired) electrons. The van der Waals surface area contributed by atoms with E-state index in [1.165, 1.54) is 111 Å². The van der Waals surface area contributed by atoms with Crippen molar-refractivity contribution in [2.75, 3.05) is 0 Å². The zero-order valence-electron chi connectivity index (χ0n) is 58.5. The fraction of sp³-hybridized carbons (Fsp3) is 0.429. The van der Waals surface area contributed by atoms with Crippen LogP contribution in [0, 0.1) is 0 Å². The second-order valence-corrected chi connectivity index (χ2v) is 31.2. The van der Waals surface area contributed by atoms with Gasteiger partial charge in [0.15, 0.2) is 0 Å². The first kappa shape index (κ1) is 69.4. The van der Waals surface area contributed by atoms with Crippen LogP contribution >= 0.6 is 20.2 Å². The number of halogens is 2. The van der Waals surface area contributed by atoms with E-state index in [0.29, 0.717) is 71.0 Å². The molecule has 2 heterocycles. The van der Waals surface area contributed by atoms with Crippen LogP contribution in [0.2, 0.25) is 0 Å². The minimum absolute atomic E-state index is 0.194. The SMILES string of the molecule is CC(C)c1cc(C(C)C)c(-c2cc(-c3ccc4ccc5ccc(-c6cc(-c7c(C(C)C)cc(C(C)C)cc7C(C)C)cc(-c7c(C(C)C)cc(C(C)C)cc7C(C)C)c6)nc5c4n3)cc(-c3c(C(C)C)cc(C(C)C)cc3C(C)C)c2)c(C(C)C)c1.[Cl][Fe][Cl]. The summed E-state index contributed by atoms with van der Waals surface area (Å²) in [5.74, 6) is 4.35. The molecular formula is C84H104Cl2FeN2. The van der Waals surface area contributed by atoms with Gasteiger partial charge in [0.05, 0.1) is 22.4 Å². The maximum absolute atomic E-state index is 5.82. The van der Waals surface area contributed by atoms with Crippen LogP contribution < -0.4 is 0 Å². The molecule has 0 saturated heterocycles. The molecule has 0 atom stereocenters. The Labute approximate surface area is 553 Å². The summed E-state index contributed by atoms with van der Waals surface area (Å²) in [6, 6.07) is 48.5. The molecule has 0 N–H and O–H groups in total. The number of fused-ring (bicyclic) bond motifs is 3. The van der Waals surface area contributed by atoms with Crippen molar-refractivity contribution in [3.8, 4) is 67.0 Å². The Bertz CT molecular complexity index is 3440. The molecule has 2 aromatic heterocycles. The zero-order chi connectivity index (χ0) is 65.4. The average Bonchev–Trinajstić information content (AvgIpc) is 0.815. The van der Waals surface area contributed by atoms with Crippen LogP contribution in [0.1, 0.15) is 304 Å². The quantitative estimate of drug-likeness (QED) is 0.0632. The molecule has 89 heavy (non-hydrogen) atoms. The third-order valence-electron chi connectivity index (χ3n) is 18.7. The minimum atomic E-state index is 0.194. The van der Waals surface area contributed by atoms with E-state index in [2.05, 4.69) is 287 Å². The molecule has 0 amide bonds. The first-order chi connectivity index (χ1) is 42.0. The van der Waals surface area contributed by atoms with Gasteiger partial charge >= 0.3 is 33.3 Å². The van der Waals surface area contributed by atoms with E-state index in [1.807, 2.05) is 0 Å². The Morgan fingerprint density at radius 3 is 0.573 bits per heavy atom. The van der Waals surface area contributed by atoms with E-state index >= 15 is 0 Å². The molecule has 5 heteroatoms. The summed E-state index contributed by atoms with van der Waals surface area (Å²) in [5.41, 5.74) is 33.4. The maximum atomic E-state index is 5.82. The van der Waals surface area contributed by atoms with Crippen molar-refractivity contribution in [2.45, 2.75) is 237 Å². The molecule has 0 aliphatic rings. The van der Waals surface area contributed by atoms with Crippen molar-refractivity contribution in [2.24, 2.45) is 0 Å². The van der Waals surface area contributed by atoms with Gasteiger partial charge in [0.2, 0.25) is 0 Å². The summed E-state index contributed by atoms with van der Waals surface area (Å²) >= 11 is 0.194. The number of nitrogens with zero attached hydrogens (tertiary/aromatic N) is 2. The molecule has 472 valence electrons. The van der Waals surface area contributed by atoms with Crippen LogP contribution in [0.5, 0.6) is 0 Å². The molecule has 0 unspecified atom stereocenters. The van der Waals surface area contributed by atoms with Crippen molar-refractivity contribution in [3.63, 3.8) is 0 Å². The predicted molar refractivity (Wildman–Crippen MR) is 390 cm³/mol. The second-order valence-electron chi connectivity index (χ2n) is 29.4. The molecule has 0 saturated carbocycles. The van der Waals surface area contributed by atoms with Gasteiger partial charge in [-0.1, -0.05) is 239 Å². The standard InChI is InChI=1S/C84H104N2.2ClH.Fe/c1-45(2)59-37-69(49(9)10)79(70(38-59)50(11)12)65-31-63(32-66(35-65)80-71(51(13)14)39-60(46(3)4)40-72(80)52(15)16)77-29-27-57-25-26-58-28-30-78(86-84(58)83(57)85-77)64-33-67(81-73(53(17)18)41-61(47(5)6)42-74(81)54(19)20)36-68(34-64)82-75(55(21)22)43-62(48(7)8)44-76(82)56(23)24;;;/h25-56H,1-24H3;2*1H;/q;;;+2/p-2. The van der Waals surface area contributed by atoms with Crippen molar-refractivity contribution >= 4 is 42.0 Å². The van der Waals surface area contributed by atoms with E-state index in [-0.39, 0.29) is 13.1 Å². The van der Waals surface area contributed by atoms with Gasteiger partial charge in [-0.2, -0.15) is 0 Å². The summed E-state index contributed by atoms with van der Waals surface area (Å²) in [7, 11) is 9.53. The van der Waals surface area contributed by atoms with Crippen LogP contribution in [0.25, 0.3) is 88.8 Å². The molecule has 9 aromatic rings. The van der Waals surface area contributed by atoms with Crippen molar-refractivity contribution in [1.82, 2.24) is 9.97 Å². The van der Waals surface area contributed by atoms with Gasteiger partial charge in [0.25, 0.3) is 0 Å². The van der Waals surface area contributed by atoms with Crippen LogP contribution in [-0.4, -0.2) is 9.97 Å². The summed E-state index contributed by atoms with van der Waals surface area (Å²) in [4.78, 5) is 11.6. The van der Waals surface area contributed by atoms with Crippen molar-refractivity contribution < 1.29 is 13.1 Å². The average molecular weight is 1270 g/mol. The number of hydrogen-bond donors (Lipinski definition) is 0. The van der Waals surface area contributed by atoms with Gasteiger partial charge in [0.1, 0.15) is 0 Å². The normalized spacial score (nSPS) is 12.3. The fourth-order valence-electron chi connectivity index (χ4n) is 13.4. The fourth-order valence-corrected chi connectivity index (χ4v) is 13.4. The van der Waals surface area contributed by atoms with Crippen LogP contribution in [0.4, 0.5) is 0 Å². The second kappa shape index (κ2) is 29.0. The Morgan fingerprint density at radius 2 is 0.404 bits per heavy atom. The third kappa shape index (κ3) is 14.9. The Kier molecular flexibility index (Phi) is 22.6. The molecule has 0 fully saturated rings. The molecule has 0 aliphatic carbocycles. The first-order valence-electron chi connectivity index (χ1n) is 33.5.